The highest BCUT2D eigenvalue weighted by Crippen LogP contribution is 2.31. The molecule has 0 spiro atoms. The molecule has 29 heavy (non-hydrogen) atoms. The lowest BCUT2D eigenvalue weighted by molar-refractivity contribution is -0.384. The average Bonchev–Trinajstić information content (AvgIpc) is 2.92. The molecule has 9 heteroatoms. The molecule has 9 nitrogen and oxygen atoms in total. The maximum atomic E-state index is 13.0. The molecule has 0 saturated heterocycles. The number of carbonyl (C=O) groups is 2. The highest BCUT2D eigenvalue weighted by Gasteiger charge is 2.27. The summed E-state index contributed by atoms with van der Waals surface area (Å²) in [6.07, 6.45) is 1.62. The van der Waals surface area contributed by atoms with Crippen molar-refractivity contribution in [2.24, 2.45) is 0 Å². The number of anilines is 1. The van der Waals surface area contributed by atoms with Gasteiger partial charge in [0, 0.05) is 18.3 Å². The monoisotopic (exact) mass is 401 g/mol. The minimum absolute atomic E-state index is 0.152. The minimum atomic E-state index is -0.552. The number of nitro benzene ring substituents is 1. The van der Waals surface area contributed by atoms with Crippen LogP contribution in [0, 0.1) is 24.0 Å². The maximum absolute atomic E-state index is 13.0. The van der Waals surface area contributed by atoms with Gasteiger partial charge in [-0.1, -0.05) is 6.08 Å². The van der Waals surface area contributed by atoms with Crippen LogP contribution in [0.25, 0.3) is 0 Å². The Labute approximate surface area is 168 Å². The lowest BCUT2D eigenvalue weighted by Gasteiger charge is -2.11. The Balaban J connectivity index is 2.48. The van der Waals surface area contributed by atoms with Crippen LogP contribution in [0.1, 0.15) is 39.0 Å². The predicted octanol–water partition coefficient (Wildman–Crippen LogP) is 3.64. The first kappa shape index (κ1) is 21.7. The number of aromatic nitrogens is 1. The van der Waals surface area contributed by atoms with Crippen molar-refractivity contribution in [2.75, 3.05) is 19.0 Å². The normalized spacial score (nSPS) is 10.3. The van der Waals surface area contributed by atoms with Gasteiger partial charge < -0.3 is 19.4 Å². The first-order valence-corrected chi connectivity index (χ1v) is 8.88. The highest BCUT2D eigenvalue weighted by atomic mass is 16.6. The largest absolute Gasteiger partial charge is 0.494 e. The summed E-state index contributed by atoms with van der Waals surface area (Å²) in [5, 5.41) is 13.6. The number of non-ortho nitro benzene ring substituents is 1. The fraction of sp³-hybridized carbons (Fsp3) is 0.300. The number of carbonyl (C=O) groups excluding carboxylic acids is 2. The van der Waals surface area contributed by atoms with Crippen LogP contribution in [0.5, 0.6) is 5.75 Å². The summed E-state index contributed by atoms with van der Waals surface area (Å²) in [5.74, 6) is -0.846. The van der Waals surface area contributed by atoms with Crippen LogP contribution in [0.15, 0.2) is 30.9 Å². The molecule has 0 fully saturated rings. The SMILES string of the molecule is C=CCn1c(C)c(C(=O)Nc2ccc([N+](=O)[O-])cc2OC)c(C)c1C(=O)OCC. The van der Waals surface area contributed by atoms with Crippen molar-refractivity contribution in [3.8, 4) is 5.75 Å². The summed E-state index contributed by atoms with van der Waals surface area (Å²) in [6, 6.07) is 3.89. The zero-order valence-electron chi connectivity index (χ0n) is 16.8. The van der Waals surface area contributed by atoms with Gasteiger partial charge in [0.1, 0.15) is 11.4 Å². The van der Waals surface area contributed by atoms with Gasteiger partial charge in [0.05, 0.1) is 36.0 Å². The van der Waals surface area contributed by atoms with E-state index in [9.17, 15) is 19.7 Å². The van der Waals surface area contributed by atoms with E-state index in [0.29, 0.717) is 23.4 Å². The number of nitro groups is 1. The highest BCUT2D eigenvalue weighted by molar-refractivity contribution is 6.09. The quantitative estimate of drug-likeness (QED) is 0.313. The fourth-order valence-electron chi connectivity index (χ4n) is 3.13. The lowest BCUT2D eigenvalue weighted by Crippen LogP contribution is -2.15. The van der Waals surface area contributed by atoms with Gasteiger partial charge in [-0.25, -0.2) is 4.79 Å². The Morgan fingerprint density at radius 1 is 1.34 bits per heavy atom. The van der Waals surface area contributed by atoms with E-state index >= 15 is 0 Å². The van der Waals surface area contributed by atoms with Gasteiger partial charge in [-0.05, 0) is 32.4 Å². The first-order chi connectivity index (χ1) is 13.8. The average molecular weight is 401 g/mol. The molecule has 1 N–H and O–H groups in total. The molecule has 1 amide bonds. The molecule has 154 valence electrons. The molecule has 0 radical (unpaired) electrons. The van der Waals surface area contributed by atoms with Crippen LogP contribution >= 0.6 is 0 Å². The molecule has 2 rings (SSSR count). The summed E-state index contributed by atoms with van der Waals surface area (Å²) in [7, 11) is 1.35. The van der Waals surface area contributed by atoms with Gasteiger partial charge in [-0.15, -0.1) is 6.58 Å². The summed E-state index contributed by atoms with van der Waals surface area (Å²) >= 11 is 0. The van der Waals surface area contributed by atoms with Gasteiger partial charge in [0.15, 0.2) is 0 Å². The Kier molecular flexibility index (Phi) is 6.76. The molecule has 0 bridgehead atoms. The van der Waals surface area contributed by atoms with E-state index in [0.717, 1.165) is 0 Å². The van der Waals surface area contributed by atoms with Crippen LogP contribution in [-0.2, 0) is 11.3 Å². The Bertz CT molecular complexity index is 977. The lowest BCUT2D eigenvalue weighted by atomic mass is 10.1. The van der Waals surface area contributed by atoms with Gasteiger partial charge in [-0.2, -0.15) is 0 Å². The Hall–Kier alpha value is -3.62. The van der Waals surface area contributed by atoms with E-state index in [-0.39, 0.29) is 29.4 Å². The van der Waals surface area contributed by atoms with E-state index in [1.165, 1.54) is 25.3 Å². The Morgan fingerprint density at radius 2 is 2.03 bits per heavy atom. The summed E-state index contributed by atoms with van der Waals surface area (Å²) < 4.78 is 12.0. The second-order valence-electron chi connectivity index (χ2n) is 6.15. The van der Waals surface area contributed by atoms with E-state index in [2.05, 4.69) is 11.9 Å². The number of esters is 1. The third kappa shape index (κ3) is 4.29. The molecular weight excluding hydrogens is 378 g/mol. The molecular formula is C20H23N3O6. The molecule has 1 aromatic carbocycles. The van der Waals surface area contributed by atoms with Crippen molar-refractivity contribution in [1.82, 2.24) is 4.57 Å². The number of nitrogens with one attached hydrogen (secondary N) is 1. The van der Waals surface area contributed by atoms with Crippen molar-refractivity contribution >= 4 is 23.3 Å². The van der Waals surface area contributed by atoms with E-state index in [1.807, 2.05) is 0 Å². The van der Waals surface area contributed by atoms with E-state index in [4.69, 9.17) is 9.47 Å². The second-order valence-corrected chi connectivity index (χ2v) is 6.15. The zero-order valence-corrected chi connectivity index (χ0v) is 16.8. The number of hydrogen-bond donors (Lipinski definition) is 1. The number of benzene rings is 1. The van der Waals surface area contributed by atoms with Crippen molar-refractivity contribution < 1.29 is 24.0 Å². The maximum Gasteiger partial charge on any atom is 0.355 e. The van der Waals surface area contributed by atoms with Crippen molar-refractivity contribution in [1.29, 1.82) is 0 Å². The van der Waals surface area contributed by atoms with Crippen LogP contribution < -0.4 is 10.1 Å². The minimum Gasteiger partial charge on any atom is -0.494 e. The third-order valence-corrected chi connectivity index (χ3v) is 4.42. The summed E-state index contributed by atoms with van der Waals surface area (Å²) in [4.78, 5) is 35.8. The van der Waals surface area contributed by atoms with Crippen LogP contribution in [-0.4, -0.2) is 35.1 Å². The number of methoxy groups -OCH3 is 1. The molecule has 0 saturated carbocycles. The van der Waals surface area contributed by atoms with Crippen molar-refractivity contribution in [2.45, 2.75) is 27.3 Å². The zero-order chi connectivity index (χ0) is 21.7. The smallest absolute Gasteiger partial charge is 0.355 e. The molecule has 0 atom stereocenters. The van der Waals surface area contributed by atoms with Gasteiger partial charge >= 0.3 is 5.97 Å². The van der Waals surface area contributed by atoms with Crippen LogP contribution in [0.4, 0.5) is 11.4 Å². The van der Waals surface area contributed by atoms with E-state index in [1.54, 1.807) is 31.4 Å². The summed E-state index contributed by atoms with van der Waals surface area (Å²) in [5.41, 5.74) is 1.76. The van der Waals surface area contributed by atoms with Gasteiger partial charge in [0.2, 0.25) is 0 Å². The molecule has 1 aromatic heterocycles. The number of nitrogens with zero attached hydrogens (tertiary/aromatic N) is 2. The third-order valence-electron chi connectivity index (χ3n) is 4.42. The number of amides is 1. The van der Waals surface area contributed by atoms with Crippen molar-refractivity contribution in [3.05, 3.63) is 63.5 Å². The van der Waals surface area contributed by atoms with Gasteiger partial charge in [0.25, 0.3) is 11.6 Å². The van der Waals surface area contributed by atoms with Crippen molar-refractivity contribution in [3.63, 3.8) is 0 Å². The van der Waals surface area contributed by atoms with E-state index < -0.39 is 16.8 Å². The summed E-state index contributed by atoms with van der Waals surface area (Å²) in [6.45, 7) is 9.32. The topological polar surface area (TPSA) is 113 Å². The fourth-order valence-corrected chi connectivity index (χ4v) is 3.13. The Morgan fingerprint density at radius 3 is 2.59 bits per heavy atom. The number of hydrogen-bond acceptors (Lipinski definition) is 6. The molecule has 0 aliphatic rings. The predicted molar refractivity (Wildman–Crippen MR) is 108 cm³/mol. The molecule has 0 unspecified atom stereocenters. The molecule has 0 aliphatic carbocycles. The second kappa shape index (κ2) is 9.05. The number of ether oxygens (including phenoxy) is 2. The first-order valence-electron chi connectivity index (χ1n) is 8.88. The standard InChI is InChI=1S/C20H23N3O6/c1-6-10-22-13(4)17(12(3)18(22)20(25)29-7-2)19(24)21-15-9-8-14(23(26)27)11-16(15)28-5/h6,8-9,11H,1,7,10H2,2-5H3,(H,21,24). The molecule has 1 heterocycles. The van der Waals surface area contributed by atoms with Crippen LogP contribution in [0.2, 0.25) is 0 Å². The van der Waals surface area contributed by atoms with Gasteiger partial charge in [-0.3, -0.25) is 14.9 Å². The number of allylic oxidation sites excluding steroid dienone is 1. The van der Waals surface area contributed by atoms with Crippen LogP contribution in [0.3, 0.4) is 0 Å². The molecule has 2 aromatic rings. The number of rotatable bonds is 8. The molecule has 0 aliphatic heterocycles.